The summed E-state index contributed by atoms with van der Waals surface area (Å²) in [7, 11) is 1.64. The van der Waals surface area contributed by atoms with Crippen LogP contribution in [0.1, 0.15) is 12.8 Å². The number of alkyl carbamates (subject to hydrolysis) is 1. The van der Waals surface area contributed by atoms with E-state index in [0.717, 1.165) is 35.8 Å². The van der Waals surface area contributed by atoms with Crippen LogP contribution in [0.15, 0.2) is 53.3 Å². The molecular weight excluding hydrogens is 412 g/mol. The molecule has 0 aromatic carbocycles. The SMILES string of the molecule is COC1=CC2C=CN=C2C=C1Nc1nc2c(N3CCC4(CC3)CNC(=O)O4)nccn2n1. The van der Waals surface area contributed by atoms with Crippen molar-refractivity contribution in [3.63, 3.8) is 0 Å². The molecule has 32 heavy (non-hydrogen) atoms. The summed E-state index contributed by atoms with van der Waals surface area (Å²) in [5.74, 6) is 2.06. The zero-order valence-electron chi connectivity index (χ0n) is 17.5. The minimum absolute atomic E-state index is 0.136. The minimum Gasteiger partial charge on any atom is -0.495 e. The van der Waals surface area contributed by atoms with E-state index < -0.39 is 5.60 Å². The van der Waals surface area contributed by atoms with Gasteiger partial charge in [-0.3, -0.25) is 4.99 Å². The number of hydrogen-bond donors (Lipinski definition) is 2. The number of anilines is 2. The molecule has 1 amide bonds. The highest BCUT2D eigenvalue weighted by Gasteiger charge is 2.43. The van der Waals surface area contributed by atoms with E-state index in [9.17, 15) is 4.79 Å². The van der Waals surface area contributed by atoms with Crippen LogP contribution >= 0.6 is 0 Å². The van der Waals surface area contributed by atoms with Crippen molar-refractivity contribution < 1.29 is 14.3 Å². The van der Waals surface area contributed by atoms with E-state index in [1.165, 1.54) is 0 Å². The van der Waals surface area contributed by atoms with Crippen LogP contribution in [0.25, 0.3) is 5.65 Å². The van der Waals surface area contributed by atoms with Crippen LogP contribution < -0.4 is 15.5 Å². The number of carbonyl (C=O) groups is 1. The highest BCUT2D eigenvalue weighted by atomic mass is 16.6. The lowest BCUT2D eigenvalue weighted by atomic mass is 9.92. The van der Waals surface area contributed by atoms with E-state index in [2.05, 4.69) is 30.6 Å². The van der Waals surface area contributed by atoms with Crippen molar-refractivity contribution in [3.8, 4) is 0 Å². The van der Waals surface area contributed by atoms with Crippen LogP contribution in [0, 0.1) is 5.92 Å². The van der Waals surface area contributed by atoms with Gasteiger partial charge in [-0.1, -0.05) is 6.08 Å². The van der Waals surface area contributed by atoms with Gasteiger partial charge in [0.15, 0.2) is 11.5 Å². The monoisotopic (exact) mass is 434 g/mol. The second-order valence-corrected chi connectivity index (χ2v) is 8.21. The molecular formula is C21H22N8O3. The maximum atomic E-state index is 11.5. The van der Waals surface area contributed by atoms with E-state index in [0.29, 0.717) is 31.2 Å². The molecule has 1 aliphatic carbocycles. The van der Waals surface area contributed by atoms with Crippen LogP contribution in [0.5, 0.6) is 0 Å². The van der Waals surface area contributed by atoms with E-state index in [-0.39, 0.29) is 12.0 Å². The third-order valence-electron chi connectivity index (χ3n) is 6.29. The number of nitrogens with one attached hydrogen (secondary N) is 2. The van der Waals surface area contributed by atoms with Crippen LogP contribution in [0.2, 0.25) is 0 Å². The summed E-state index contributed by atoms with van der Waals surface area (Å²) in [5, 5.41) is 10.6. The molecule has 0 bridgehead atoms. The lowest BCUT2D eigenvalue weighted by Gasteiger charge is -2.37. The Morgan fingerprint density at radius 2 is 2.22 bits per heavy atom. The fourth-order valence-electron chi connectivity index (χ4n) is 4.54. The van der Waals surface area contributed by atoms with Crippen molar-refractivity contribution in [2.75, 3.05) is 37.0 Å². The van der Waals surface area contributed by atoms with Crippen LogP contribution in [0.4, 0.5) is 16.6 Å². The maximum Gasteiger partial charge on any atom is 0.407 e. The summed E-state index contributed by atoms with van der Waals surface area (Å²) in [6.45, 7) is 1.99. The fraction of sp³-hybridized carbons (Fsp3) is 0.381. The van der Waals surface area contributed by atoms with Gasteiger partial charge in [0.1, 0.15) is 11.4 Å². The third kappa shape index (κ3) is 3.08. The lowest BCUT2D eigenvalue weighted by molar-refractivity contribution is 0.0366. The van der Waals surface area contributed by atoms with E-state index in [1.807, 2.05) is 18.2 Å². The summed E-state index contributed by atoms with van der Waals surface area (Å²) < 4.78 is 12.8. The number of aliphatic imine (C=N–C) groups is 1. The Morgan fingerprint density at radius 3 is 3.00 bits per heavy atom. The zero-order valence-corrected chi connectivity index (χ0v) is 17.5. The highest BCUT2D eigenvalue weighted by molar-refractivity contribution is 6.03. The molecule has 4 aliphatic rings. The summed E-state index contributed by atoms with van der Waals surface area (Å²) >= 11 is 0. The fourth-order valence-corrected chi connectivity index (χ4v) is 4.54. The van der Waals surface area contributed by atoms with Crippen molar-refractivity contribution >= 4 is 29.2 Å². The van der Waals surface area contributed by atoms with Gasteiger partial charge in [-0.2, -0.15) is 4.98 Å². The Balaban J connectivity index is 1.25. The Kier molecular flexibility index (Phi) is 4.17. The summed E-state index contributed by atoms with van der Waals surface area (Å²) in [5.41, 5.74) is 1.95. The second kappa shape index (κ2) is 7.08. The lowest BCUT2D eigenvalue weighted by Crippen LogP contribution is -2.47. The van der Waals surface area contributed by atoms with Crippen molar-refractivity contribution in [1.29, 1.82) is 0 Å². The predicted octanol–water partition coefficient (Wildman–Crippen LogP) is 1.63. The first-order chi connectivity index (χ1) is 15.6. The Hall–Kier alpha value is -3.89. The van der Waals surface area contributed by atoms with Crippen molar-refractivity contribution in [2.24, 2.45) is 10.9 Å². The number of nitrogens with zero attached hydrogens (tertiary/aromatic N) is 6. The Bertz CT molecular complexity index is 1220. The van der Waals surface area contributed by atoms with Crippen LogP contribution in [-0.4, -0.2) is 63.7 Å². The first-order valence-corrected chi connectivity index (χ1v) is 10.5. The molecule has 2 fully saturated rings. The number of ether oxygens (including phenoxy) is 2. The molecule has 11 nitrogen and oxygen atoms in total. The number of methoxy groups -OCH3 is 1. The topological polar surface area (TPSA) is 118 Å². The quantitative estimate of drug-likeness (QED) is 0.746. The normalized spacial score (nSPS) is 23.4. The third-order valence-corrected chi connectivity index (χ3v) is 6.29. The van der Waals surface area contributed by atoms with E-state index >= 15 is 0 Å². The molecule has 6 rings (SSSR count). The first-order valence-electron chi connectivity index (χ1n) is 10.5. The average Bonchev–Trinajstić information content (AvgIpc) is 3.52. The maximum absolute atomic E-state index is 11.5. The molecule has 164 valence electrons. The van der Waals surface area contributed by atoms with Gasteiger partial charge in [0.05, 0.1) is 25.1 Å². The molecule has 11 heteroatoms. The smallest absolute Gasteiger partial charge is 0.407 e. The number of amides is 1. The van der Waals surface area contributed by atoms with Gasteiger partial charge in [0, 0.05) is 50.4 Å². The summed E-state index contributed by atoms with van der Waals surface area (Å²) in [4.78, 5) is 27.3. The molecule has 2 N–H and O–H groups in total. The molecule has 5 heterocycles. The standard InChI is InChI=1S/C21H22N8O3/c1-31-16-10-13-2-5-22-14(13)11-15(16)25-19-26-18-17(23-6-9-29(18)27-19)28-7-3-21(4-8-28)12-24-20(30)32-21/h2,5-6,9-11,13H,3-4,7-8,12H2,1H3,(H,24,30)(H,25,27). The molecule has 2 aromatic rings. The van der Waals surface area contributed by atoms with Gasteiger partial charge in [-0.05, 0) is 12.2 Å². The molecule has 0 radical (unpaired) electrons. The molecule has 2 aromatic heterocycles. The van der Waals surface area contributed by atoms with E-state index in [1.54, 1.807) is 30.2 Å². The first kappa shape index (κ1) is 18.8. The number of fused-ring (bicyclic) bond motifs is 2. The highest BCUT2D eigenvalue weighted by Crippen LogP contribution is 2.32. The zero-order chi connectivity index (χ0) is 21.7. The van der Waals surface area contributed by atoms with E-state index in [4.69, 9.17) is 14.5 Å². The molecule has 2 saturated heterocycles. The van der Waals surface area contributed by atoms with Crippen molar-refractivity contribution in [1.82, 2.24) is 24.9 Å². The number of aromatic nitrogens is 4. The van der Waals surface area contributed by atoms with Crippen molar-refractivity contribution in [3.05, 3.63) is 48.3 Å². The molecule has 1 atom stereocenters. The summed E-state index contributed by atoms with van der Waals surface area (Å²) in [6.07, 6.45) is 12.4. The van der Waals surface area contributed by atoms with Gasteiger partial charge in [-0.15, -0.1) is 5.10 Å². The number of allylic oxidation sites excluding steroid dienone is 3. The predicted molar refractivity (Wildman–Crippen MR) is 116 cm³/mol. The van der Waals surface area contributed by atoms with Gasteiger partial charge >= 0.3 is 6.09 Å². The number of rotatable bonds is 4. The largest absolute Gasteiger partial charge is 0.495 e. The molecule has 1 unspecified atom stereocenters. The molecule has 3 aliphatic heterocycles. The van der Waals surface area contributed by atoms with Gasteiger partial charge in [-0.25, -0.2) is 14.3 Å². The van der Waals surface area contributed by atoms with Crippen LogP contribution in [-0.2, 0) is 9.47 Å². The molecule has 1 spiro atoms. The number of hydrogen-bond acceptors (Lipinski definition) is 9. The van der Waals surface area contributed by atoms with Crippen LogP contribution in [0.3, 0.4) is 0 Å². The minimum atomic E-state index is -0.412. The second-order valence-electron chi connectivity index (χ2n) is 8.21. The van der Waals surface area contributed by atoms with Crippen molar-refractivity contribution in [2.45, 2.75) is 18.4 Å². The number of piperidine rings is 1. The van der Waals surface area contributed by atoms with Gasteiger partial charge in [0.25, 0.3) is 0 Å². The summed E-state index contributed by atoms with van der Waals surface area (Å²) in [6, 6.07) is 0. The Labute approximate surface area is 183 Å². The molecule has 0 saturated carbocycles. The Morgan fingerprint density at radius 1 is 1.34 bits per heavy atom. The van der Waals surface area contributed by atoms with Gasteiger partial charge in [0.2, 0.25) is 5.95 Å². The van der Waals surface area contributed by atoms with Gasteiger partial charge < -0.3 is 25.0 Å². The average molecular weight is 434 g/mol. The number of carbonyl (C=O) groups excluding carboxylic acids is 1.